The average Bonchev–Trinajstić information content (AvgIpc) is 3.07. The van der Waals surface area contributed by atoms with E-state index in [0.717, 1.165) is 16.5 Å². The van der Waals surface area contributed by atoms with Crippen molar-refractivity contribution < 1.29 is 24.6 Å². The number of carbonyl (C=O) groups is 2. The van der Waals surface area contributed by atoms with Crippen molar-refractivity contribution in [2.45, 2.75) is 24.5 Å². The molecule has 0 spiro atoms. The minimum atomic E-state index is -1.20. The van der Waals surface area contributed by atoms with Gasteiger partial charge in [0.25, 0.3) is 0 Å². The number of benzene rings is 1. The Morgan fingerprint density at radius 3 is 2.54 bits per heavy atom. The summed E-state index contributed by atoms with van der Waals surface area (Å²) in [6.07, 6.45) is 3.34. The molecule has 0 saturated heterocycles. The zero-order valence-electron chi connectivity index (χ0n) is 13.9. The summed E-state index contributed by atoms with van der Waals surface area (Å²) in [5.74, 6) is -1.38. The lowest BCUT2D eigenvalue weighted by molar-refractivity contribution is -0.130. The molecule has 139 valence electrons. The maximum Gasteiger partial charge on any atom is 0.243 e. The molecule has 0 saturated carbocycles. The van der Waals surface area contributed by atoms with Crippen molar-refractivity contribution in [3.05, 3.63) is 36.0 Å². The molecule has 7 N–H and O–H groups in total. The normalized spacial score (nSPS) is 14.4. The summed E-state index contributed by atoms with van der Waals surface area (Å²) in [6, 6.07) is 4.01. The molecule has 0 fully saturated rings. The van der Waals surface area contributed by atoms with E-state index in [-0.39, 0.29) is 6.42 Å². The third kappa shape index (κ3) is 4.66. The van der Waals surface area contributed by atoms with Crippen molar-refractivity contribution in [1.82, 2.24) is 15.6 Å². The third-order valence-corrected chi connectivity index (χ3v) is 3.91. The second-order valence-electron chi connectivity index (χ2n) is 5.78. The highest BCUT2D eigenvalue weighted by molar-refractivity contribution is 5.92. The van der Waals surface area contributed by atoms with Crippen LogP contribution in [0.3, 0.4) is 0 Å². The van der Waals surface area contributed by atoms with Gasteiger partial charge in [-0.25, -0.2) is 0 Å². The van der Waals surface area contributed by atoms with E-state index in [9.17, 15) is 14.4 Å². The Hall–Kier alpha value is -2.75. The first-order valence-electron chi connectivity index (χ1n) is 8.00. The molecule has 3 atom stereocenters. The van der Waals surface area contributed by atoms with Gasteiger partial charge in [-0.1, -0.05) is 18.2 Å². The summed E-state index contributed by atoms with van der Waals surface area (Å²) < 4.78 is 0. The van der Waals surface area contributed by atoms with Crippen LogP contribution in [-0.2, 0) is 20.8 Å². The predicted molar refractivity (Wildman–Crippen MR) is 93.7 cm³/mol. The number of nitrogens with one attached hydrogen (secondary N) is 3. The number of aromatic nitrogens is 1. The van der Waals surface area contributed by atoms with Crippen LogP contribution in [0.5, 0.6) is 0 Å². The number of H-pyrrole nitrogens is 1. The molecule has 9 heteroatoms. The molecule has 1 radical (unpaired) electrons. The number of rotatable bonds is 9. The van der Waals surface area contributed by atoms with E-state index in [0.29, 0.717) is 0 Å². The first kappa shape index (κ1) is 19.6. The van der Waals surface area contributed by atoms with Gasteiger partial charge in [-0.3, -0.25) is 14.4 Å². The zero-order valence-corrected chi connectivity index (χ0v) is 13.9. The fourth-order valence-electron chi connectivity index (χ4n) is 2.48. The molecule has 0 aliphatic heterocycles. The van der Waals surface area contributed by atoms with Crippen LogP contribution in [-0.4, -0.2) is 64.6 Å². The highest BCUT2D eigenvalue weighted by atomic mass is 16.3. The highest BCUT2D eigenvalue weighted by Gasteiger charge is 2.26. The van der Waals surface area contributed by atoms with E-state index in [1.54, 1.807) is 6.20 Å². The zero-order chi connectivity index (χ0) is 19.1. The molecule has 0 unspecified atom stereocenters. The number of hydrogen-bond donors (Lipinski definition) is 6. The van der Waals surface area contributed by atoms with Crippen molar-refractivity contribution in [3.63, 3.8) is 0 Å². The number of fused-ring (bicyclic) bond motifs is 1. The Labute approximate surface area is 149 Å². The number of aliphatic hydroxyl groups excluding tert-OH is 2. The van der Waals surface area contributed by atoms with Crippen LogP contribution in [0.15, 0.2) is 30.5 Å². The van der Waals surface area contributed by atoms with Gasteiger partial charge >= 0.3 is 0 Å². The number of amides is 2. The van der Waals surface area contributed by atoms with Crippen LogP contribution < -0.4 is 16.4 Å². The highest BCUT2D eigenvalue weighted by Crippen LogP contribution is 2.19. The molecular weight excluding hydrogens is 340 g/mol. The Morgan fingerprint density at radius 1 is 1.15 bits per heavy atom. The van der Waals surface area contributed by atoms with Gasteiger partial charge in [-0.05, 0) is 11.6 Å². The molecule has 2 rings (SSSR count). The van der Waals surface area contributed by atoms with Gasteiger partial charge in [0.15, 0.2) is 0 Å². The Kier molecular flexibility index (Phi) is 6.84. The number of aliphatic hydroxyl groups is 2. The largest absolute Gasteiger partial charge is 0.394 e. The maximum atomic E-state index is 12.5. The number of aromatic amines is 1. The van der Waals surface area contributed by atoms with Gasteiger partial charge in [-0.2, -0.15) is 0 Å². The van der Waals surface area contributed by atoms with Crippen LogP contribution in [0.2, 0.25) is 0 Å². The van der Waals surface area contributed by atoms with Crippen molar-refractivity contribution >= 4 is 29.0 Å². The lowest BCUT2D eigenvalue weighted by Crippen LogP contribution is -2.55. The first-order chi connectivity index (χ1) is 12.5. The monoisotopic (exact) mass is 361 g/mol. The molecule has 2 aromatic rings. The SMILES string of the molecule is N[C@@H](CO)C(=O)N[C@@H](Cc1c[nH]c2ccccc12)C(=O)N[C@H]([C]=O)CO. The Bertz CT molecular complexity index is 775. The smallest absolute Gasteiger partial charge is 0.243 e. The maximum absolute atomic E-state index is 12.5. The number of hydrogen-bond acceptors (Lipinski definition) is 6. The molecule has 9 nitrogen and oxygen atoms in total. The minimum absolute atomic E-state index is 0.122. The van der Waals surface area contributed by atoms with Gasteiger partial charge in [0, 0.05) is 23.5 Å². The lowest BCUT2D eigenvalue weighted by atomic mass is 10.0. The molecule has 0 bridgehead atoms. The molecule has 1 aromatic carbocycles. The number of carbonyl (C=O) groups excluding carboxylic acids is 3. The van der Waals surface area contributed by atoms with Crippen LogP contribution in [0, 0.1) is 0 Å². The van der Waals surface area contributed by atoms with Crippen LogP contribution in [0.4, 0.5) is 0 Å². The summed E-state index contributed by atoms with van der Waals surface area (Å²) in [5.41, 5.74) is 7.12. The van der Waals surface area contributed by atoms with Crippen molar-refractivity contribution in [2.24, 2.45) is 5.73 Å². The fraction of sp³-hybridized carbons (Fsp3) is 0.353. The van der Waals surface area contributed by atoms with Gasteiger partial charge < -0.3 is 31.6 Å². The van der Waals surface area contributed by atoms with Gasteiger partial charge in [0.05, 0.1) is 13.2 Å². The molecule has 0 aliphatic carbocycles. The van der Waals surface area contributed by atoms with Gasteiger partial charge in [-0.15, -0.1) is 0 Å². The number of para-hydroxylation sites is 1. The molecule has 1 aromatic heterocycles. The average molecular weight is 361 g/mol. The van der Waals surface area contributed by atoms with Gasteiger partial charge in [0.2, 0.25) is 18.1 Å². The second-order valence-corrected chi connectivity index (χ2v) is 5.78. The van der Waals surface area contributed by atoms with Crippen LogP contribution >= 0.6 is 0 Å². The van der Waals surface area contributed by atoms with Gasteiger partial charge in [0.1, 0.15) is 18.1 Å². The third-order valence-electron chi connectivity index (χ3n) is 3.91. The van der Waals surface area contributed by atoms with Crippen molar-refractivity contribution in [2.75, 3.05) is 13.2 Å². The van der Waals surface area contributed by atoms with E-state index in [4.69, 9.17) is 15.9 Å². The first-order valence-corrected chi connectivity index (χ1v) is 8.00. The summed E-state index contributed by atoms with van der Waals surface area (Å²) in [4.78, 5) is 38.2. The quantitative estimate of drug-likeness (QED) is 0.306. The fourth-order valence-corrected chi connectivity index (χ4v) is 2.48. The van der Waals surface area contributed by atoms with Crippen LogP contribution in [0.25, 0.3) is 10.9 Å². The Balaban J connectivity index is 2.22. The van der Waals surface area contributed by atoms with Crippen LogP contribution in [0.1, 0.15) is 5.56 Å². The lowest BCUT2D eigenvalue weighted by Gasteiger charge is -2.21. The summed E-state index contributed by atoms with van der Waals surface area (Å²) in [6.45, 7) is -1.19. The van der Waals surface area contributed by atoms with Crippen molar-refractivity contribution in [3.8, 4) is 0 Å². The predicted octanol–water partition coefficient (Wildman–Crippen LogP) is -1.90. The van der Waals surface area contributed by atoms with E-state index in [2.05, 4.69) is 15.6 Å². The number of nitrogens with two attached hydrogens (primary N) is 1. The molecule has 1 heterocycles. The summed E-state index contributed by atoms with van der Waals surface area (Å²) in [7, 11) is 0. The molecule has 0 aliphatic rings. The summed E-state index contributed by atoms with van der Waals surface area (Å²) >= 11 is 0. The standard InChI is InChI=1S/C17H21N4O5/c18-13(9-24)16(25)21-15(17(26)20-11(7-22)8-23)5-10-6-19-14-4-2-1-3-12(10)14/h1-4,6,11,13,15,19,22,24H,5,7,9,18H2,(H,20,26)(H,21,25)/t11-,13-,15-/m0/s1. The van der Waals surface area contributed by atoms with E-state index < -0.39 is 43.2 Å². The second kappa shape index (κ2) is 9.09. The van der Waals surface area contributed by atoms with E-state index in [1.165, 1.54) is 6.29 Å². The van der Waals surface area contributed by atoms with E-state index in [1.807, 2.05) is 24.3 Å². The molecule has 2 amide bonds. The minimum Gasteiger partial charge on any atom is -0.394 e. The van der Waals surface area contributed by atoms with Crippen molar-refractivity contribution in [1.29, 1.82) is 0 Å². The summed E-state index contributed by atoms with van der Waals surface area (Å²) in [5, 5.41) is 23.7. The molecule has 26 heavy (non-hydrogen) atoms. The van der Waals surface area contributed by atoms with E-state index >= 15 is 0 Å². The molecular formula is C17H21N4O5. The topological polar surface area (TPSA) is 158 Å². The Morgan fingerprint density at radius 2 is 1.88 bits per heavy atom.